The second kappa shape index (κ2) is 5.24. The number of fused-ring (bicyclic) bond motifs is 1. The largest absolute Gasteiger partial charge is 0.440 e. The van der Waals surface area contributed by atoms with Crippen molar-refractivity contribution in [1.82, 2.24) is 9.97 Å². The summed E-state index contributed by atoms with van der Waals surface area (Å²) in [4.78, 5) is 18.6. The van der Waals surface area contributed by atoms with Crippen LogP contribution in [-0.4, -0.2) is 9.97 Å². The van der Waals surface area contributed by atoms with Gasteiger partial charge in [0.15, 0.2) is 0 Å². The van der Waals surface area contributed by atoms with E-state index in [-0.39, 0.29) is 0 Å². The van der Waals surface area contributed by atoms with E-state index in [4.69, 9.17) is 4.42 Å². The third-order valence-corrected chi connectivity index (χ3v) is 1.83. The number of hydrogen-bond acceptors (Lipinski definition) is 4. The molecule has 0 amide bonds. The molecule has 0 fully saturated rings. The Morgan fingerprint density at radius 1 is 1.40 bits per heavy atom. The highest BCUT2D eigenvalue weighted by Gasteiger charge is 2.04. The van der Waals surface area contributed by atoms with Gasteiger partial charge in [0.2, 0.25) is 5.71 Å². The fourth-order valence-electron chi connectivity index (χ4n) is 1.24. The molecule has 2 heterocycles. The van der Waals surface area contributed by atoms with Crippen molar-refractivity contribution >= 4 is 11.1 Å². The van der Waals surface area contributed by atoms with Crippen molar-refractivity contribution < 1.29 is 4.42 Å². The first-order valence-electron chi connectivity index (χ1n) is 5.06. The summed E-state index contributed by atoms with van der Waals surface area (Å²) < 4.78 is 4.83. The van der Waals surface area contributed by atoms with Gasteiger partial charge in [0.1, 0.15) is 0 Å². The zero-order chi connectivity index (χ0) is 11.3. The van der Waals surface area contributed by atoms with Crippen molar-refractivity contribution in [3.8, 4) is 0 Å². The molecule has 0 bridgehead atoms. The Morgan fingerprint density at radius 3 is 2.80 bits per heavy atom. The molecular weight excluding hydrogens is 192 g/mol. The van der Waals surface area contributed by atoms with Gasteiger partial charge in [0, 0.05) is 6.20 Å². The van der Waals surface area contributed by atoms with Crippen LogP contribution >= 0.6 is 0 Å². The van der Waals surface area contributed by atoms with Crippen LogP contribution < -0.4 is 5.76 Å². The zero-order valence-electron chi connectivity index (χ0n) is 9.15. The van der Waals surface area contributed by atoms with Crippen molar-refractivity contribution in [3.63, 3.8) is 0 Å². The van der Waals surface area contributed by atoms with Gasteiger partial charge in [-0.1, -0.05) is 20.8 Å². The minimum Gasteiger partial charge on any atom is -0.389 e. The van der Waals surface area contributed by atoms with Crippen LogP contribution in [0.4, 0.5) is 0 Å². The van der Waals surface area contributed by atoms with E-state index in [0.29, 0.717) is 12.1 Å². The Kier molecular flexibility index (Phi) is 3.97. The van der Waals surface area contributed by atoms with Crippen LogP contribution in [0.3, 0.4) is 0 Å². The highest BCUT2D eigenvalue weighted by molar-refractivity contribution is 5.74. The molecule has 0 radical (unpaired) electrons. The lowest BCUT2D eigenvalue weighted by atomic mass is 10.2. The van der Waals surface area contributed by atoms with Crippen LogP contribution in [0.2, 0.25) is 0 Å². The summed E-state index contributed by atoms with van der Waals surface area (Å²) in [5.41, 5.74) is 1.10. The Balaban J connectivity index is 0.000000531. The first-order valence-corrected chi connectivity index (χ1v) is 5.06. The lowest BCUT2D eigenvalue weighted by Gasteiger charge is -1.98. The molecule has 80 valence electrons. The summed E-state index contributed by atoms with van der Waals surface area (Å²) in [6.07, 6.45) is 2.29. The molecule has 0 saturated carbocycles. The SMILES string of the molecule is CC.CCc1nc(=O)oc2ncccc12. The van der Waals surface area contributed by atoms with E-state index in [1.807, 2.05) is 26.8 Å². The summed E-state index contributed by atoms with van der Waals surface area (Å²) >= 11 is 0. The van der Waals surface area contributed by atoms with Gasteiger partial charge in [0.05, 0.1) is 11.1 Å². The average molecular weight is 206 g/mol. The summed E-state index contributed by atoms with van der Waals surface area (Å²) in [5.74, 6) is -0.581. The zero-order valence-corrected chi connectivity index (χ0v) is 9.15. The molecule has 4 nitrogen and oxygen atoms in total. The fourth-order valence-corrected chi connectivity index (χ4v) is 1.24. The van der Waals surface area contributed by atoms with Crippen molar-refractivity contribution in [3.05, 3.63) is 34.6 Å². The van der Waals surface area contributed by atoms with E-state index in [1.54, 1.807) is 12.3 Å². The number of rotatable bonds is 1. The smallest absolute Gasteiger partial charge is 0.389 e. The maximum absolute atomic E-state index is 10.9. The van der Waals surface area contributed by atoms with Crippen molar-refractivity contribution in [2.24, 2.45) is 0 Å². The lowest BCUT2D eigenvalue weighted by Crippen LogP contribution is -2.07. The topological polar surface area (TPSA) is 56.0 Å². The van der Waals surface area contributed by atoms with Gasteiger partial charge in [-0.3, -0.25) is 0 Å². The molecule has 0 aliphatic heterocycles. The molecule has 0 unspecified atom stereocenters. The molecular formula is C11H14N2O2. The molecule has 0 aliphatic rings. The van der Waals surface area contributed by atoms with Crippen molar-refractivity contribution in [2.75, 3.05) is 0 Å². The van der Waals surface area contributed by atoms with Crippen LogP contribution in [0.5, 0.6) is 0 Å². The first-order chi connectivity index (χ1) is 7.31. The summed E-state index contributed by atoms with van der Waals surface area (Å²) in [6, 6.07) is 3.64. The predicted octanol–water partition coefficient (Wildman–Crippen LogP) is 2.17. The van der Waals surface area contributed by atoms with Gasteiger partial charge in [-0.25, -0.2) is 9.78 Å². The quantitative estimate of drug-likeness (QED) is 0.717. The van der Waals surface area contributed by atoms with E-state index < -0.39 is 5.76 Å². The van der Waals surface area contributed by atoms with Gasteiger partial charge >= 0.3 is 5.76 Å². The normalized spacial score (nSPS) is 9.53. The number of pyridine rings is 1. The molecule has 2 rings (SSSR count). The van der Waals surface area contributed by atoms with E-state index in [1.165, 1.54) is 0 Å². The van der Waals surface area contributed by atoms with E-state index in [2.05, 4.69) is 9.97 Å². The highest BCUT2D eigenvalue weighted by atomic mass is 16.4. The highest BCUT2D eigenvalue weighted by Crippen LogP contribution is 2.11. The molecule has 0 N–H and O–H groups in total. The number of aryl methyl sites for hydroxylation is 1. The molecule has 0 atom stereocenters. The standard InChI is InChI=1S/C9H8N2O2.C2H6/c1-2-7-6-4-3-5-10-8(6)13-9(12)11-7;1-2/h3-5H,2H2,1H3;1-2H3. The second-order valence-corrected chi connectivity index (χ2v) is 2.64. The van der Waals surface area contributed by atoms with E-state index >= 15 is 0 Å². The van der Waals surface area contributed by atoms with Gasteiger partial charge in [0.25, 0.3) is 0 Å². The molecule has 0 saturated heterocycles. The molecule has 2 aromatic heterocycles. The van der Waals surface area contributed by atoms with Crippen LogP contribution in [0, 0.1) is 0 Å². The van der Waals surface area contributed by atoms with Crippen LogP contribution in [-0.2, 0) is 6.42 Å². The lowest BCUT2D eigenvalue weighted by molar-refractivity contribution is 0.516. The maximum Gasteiger partial charge on any atom is 0.440 e. The van der Waals surface area contributed by atoms with E-state index in [9.17, 15) is 4.79 Å². The monoisotopic (exact) mass is 206 g/mol. The Hall–Kier alpha value is -1.71. The molecule has 0 spiro atoms. The Labute approximate surface area is 88.0 Å². The van der Waals surface area contributed by atoms with Crippen LogP contribution in [0.1, 0.15) is 26.5 Å². The second-order valence-electron chi connectivity index (χ2n) is 2.64. The summed E-state index contributed by atoms with van der Waals surface area (Å²) in [7, 11) is 0. The maximum atomic E-state index is 10.9. The number of hydrogen-bond donors (Lipinski definition) is 0. The number of aromatic nitrogens is 2. The summed E-state index contributed by atoms with van der Waals surface area (Å²) in [6.45, 7) is 5.94. The van der Waals surface area contributed by atoms with Crippen molar-refractivity contribution in [1.29, 1.82) is 0 Å². The third-order valence-electron chi connectivity index (χ3n) is 1.83. The minimum absolute atomic E-state index is 0.361. The molecule has 0 aromatic carbocycles. The van der Waals surface area contributed by atoms with Gasteiger partial charge in [-0.05, 0) is 18.6 Å². The molecule has 0 aliphatic carbocycles. The third kappa shape index (κ3) is 2.40. The van der Waals surface area contributed by atoms with E-state index in [0.717, 1.165) is 11.1 Å². The molecule has 15 heavy (non-hydrogen) atoms. The van der Waals surface area contributed by atoms with Gasteiger partial charge in [-0.15, -0.1) is 0 Å². The Morgan fingerprint density at radius 2 is 2.13 bits per heavy atom. The molecule has 2 aromatic rings. The Bertz CT molecular complexity index is 491. The average Bonchev–Trinajstić information content (AvgIpc) is 2.30. The van der Waals surface area contributed by atoms with Crippen LogP contribution in [0.15, 0.2) is 27.5 Å². The molecule has 4 heteroatoms. The minimum atomic E-state index is -0.581. The van der Waals surface area contributed by atoms with Crippen LogP contribution in [0.25, 0.3) is 11.1 Å². The fraction of sp³-hybridized carbons (Fsp3) is 0.364. The van der Waals surface area contributed by atoms with Crippen molar-refractivity contribution in [2.45, 2.75) is 27.2 Å². The predicted molar refractivity (Wildman–Crippen MR) is 58.8 cm³/mol. The summed E-state index contributed by atoms with van der Waals surface area (Å²) in [5, 5.41) is 0.810. The van der Waals surface area contributed by atoms with Gasteiger partial charge < -0.3 is 4.42 Å². The first kappa shape index (κ1) is 11.4. The number of nitrogens with zero attached hydrogens (tertiary/aromatic N) is 2. The van der Waals surface area contributed by atoms with Gasteiger partial charge in [-0.2, -0.15) is 4.98 Å².